The van der Waals surface area contributed by atoms with Crippen molar-refractivity contribution in [3.8, 4) is 6.07 Å². The van der Waals surface area contributed by atoms with Crippen LogP contribution in [0.4, 0.5) is 10.1 Å². The van der Waals surface area contributed by atoms with Gasteiger partial charge in [0.15, 0.2) is 5.69 Å². The standard InChI is InChI=1S/C23H19ClFN5O3/c1-11-18(23-7-22(8-23,9-23)10-26)29-19-14(5-13(25)6-30(19)20(11)31)12(2)27-15-3-4-16(24)28-17(15)21(32)33/h3-6,12,27H,7-9H2,1-2H3,(H,32,33)/t12-,22?,23?/m1/s1. The third kappa shape index (κ3) is 3.09. The van der Waals surface area contributed by atoms with E-state index in [1.54, 1.807) is 13.8 Å². The fraction of sp³-hybridized carbons (Fsp3) is 0.348. The van der Waals surface area contributed by atoms with Crippen LogP contribution >= 0.6 is 11.6 Å². The van der Waals surface area contributed by atoms with E-state index in [2.05, 4.69) is 16.4 Å². The van der Waals surface area contributed by atoms with Crippen LogP contribution in [0.25, 0.3) is 5.65 Å². The fourth-order valence-electron chi connectivity index (χ4n) is 5.34. The van der Waals surface area contributed by atoms with Crippen molar-refractivity contribution in [1.82, 2.24) is 14.4 Å². The Morgan fingerprint density at radius 3 is 2.70 bits per heavy atom. The van der Waals surface area contributed by atoms with Crippen molar-refractivity contribution in [3.05, 3.63) is 68.2 Å². The van der Waals surface area contributed by atoms with E-state index in [0.717, 1.165) is 6.20 Å². The number of hydrogen-bond acceptors (Lipinski definition) is 6. The van der Waals surface area contributed by atoms with E-state index in [9.17, 15) is 24.3 Å². The Morgan fingerprint density at radius 2 is 2.06 bits per heavy atom. The third-order valence-electron chi connectivity index (χ3n) is 6.82. The Hall–Kier alpha value is -3.51. The highest BCUT2D eigenvalue weighted by molar-refractivity contribution is 6.29. The van der Waals surface area contributed by atoms with Gasteiger partial charge in [0.25, 0.3) is 5.56 Å². The number of nitrogens with zero attached hydrogens (tertiary/aromatic N) is 4. The van der Waals surface area contributed by atoms with Crippen LogP contribution in [0.3, 0.4) is 0 Å². The SMILES string of the molecule is Cc1c(C23CC(C#N)(C2)C3)nc2c([C@@H](C)Nc3ccc(Cl)nc3C(=O)O)cc(F)cn2c1=O. The molecule has 3 fully saturated rings. The number of fused-ring (bicyclic) bond motifs is 1. The monoisotopic (exact) mass is 467 g/mol. The minimum Gasteiger partial charge on any atom is -0.476 e. The predicted molar refractivity (Wildman–Crippen MR) is 118 cm³/mol. The first kappa shape index (κ1) is 21.3. The number of carboxylic acids is 1. The number of hydrogen-bond donors (Lipinski definition) is 2. The van der Waals surface area contributed by atoms with Gasteiger partial charge in [0, 0.05) is 22.7 Å². The summed E-state index contributed by atoms with van der Waals surface area (Å²) in [5.41, 5.74) is 0.756. The quantitative estimate of drug-likeness (QED) is 0.544. The Balaban J connectivity index is 1.61. The highest BCUT2D eigenvalue weighted by Crippen LogP contribution is 2.73. The molecule has 3 aromatic heterocycles. The maximum absolute atomic E-state index is 14.5. The van der Waals surface area contributed by atoms with Crippen molar-refractivity contribution in [2.45, 2.75) is 44.6 Å². The fourth-order valence-corrected chi connectivity index (χ4v) is 5.48. The summed E-state index contributed by atoms with van der Waals surface area (Å²) in [4.78, 5) is 33.4. The van der Waals surface area contributed by atoms with Gasteiger partial charge in [-0.05, 0) is 51.3 Å². The van der Waals surface area contributed by atoms with Gasteiger partial charge in [0.2, 0.25) is 0 Å². The maximum atomic E-state index is 14.5. The minimum absolute atomic E-state index is 0.0313. The number of carboxylic acid groups (broad SMARTS) is 1. The molecule has 2 bridgehead atoms. The lowest BCUT2D eigenvalue weighted by atomic mass is 9.34. The molecular formula is C23H19ClFN5O3. The second-order valence-corrected chi connectivity index (χ2v) is 9.49. The molecular weight excluding hydrogens is 449 g/mol. The summed E-state index contributed by atoms with van der Waals surface area (Å²) < 4.78 is 15.7. The van der Waals surface area contributed by atoms with Gasteiger partial charge >= 0.3 is 5.97 Å². The largest absolute Gasteiger partial charge is 0.476 e. The van der Waals surface area contributed by atoms with Crippen molar-refractivity contribution in [3.63, 3.8) is 0 Å². The van der Waals surface area contributed by atoms with Gasteiger partial charge in [-0.1, -0.05) is 11.6 Å². The molecule has 3 aromatic rings. The molecule has 0 aromatic carbocycles. The lowest BCUT2D eigenvalue weighted by Crippen LogP contribution is -2.64. The molecule has 0 spiro atoms. The molecule has 0 radical (unpaired) electrons. The van der Waals surface area contributed by atoms with E-state index >= 15 is 0 Å². The molecule has 8 nitrogen and oxygen atoms in total. The van der Waals surface area contributed by atoms with Crippen molar-refractivity contribution in [1.29, 1.82) is 5.26 Å². The molecule has 2 N–H and O–H groups in total. The van der Waals surface area contributed by atoms with Gasteiger partial charge in [-0.3, -0.25) is 9.20 Å². The molecule has 3 aliphatic carbocycles. The van der Waals surface area contributed by atoms with E-state index in [-0.39, 0.29) is 38.6 Å². The normalized spacial score (nSPS) is 23.8. The molecule has 0 amide bonds. The van der Waals surface area contributed by atoms with Crippen LogP contribution in [0.5, 0.6) is 0 Å². The van der Waals surface area contributed by atoms with Crippen LogP contribution < -0.4 is 10.9 Å². The lowest BCUT2D eigenvalue weighted by molar-refractivity contribution is -0.0960. The van der Waals surface area contributed by atoms with Gasteiger partial charge in [0.1, 0.15) is 16.6 Å². The number of rotatable bonds is 5. The molecule has 0 saturated heterocycles. The second-order valence-electron chi connectivity index (χ2n) is 9.10. The maximum Gasteiger partial charge on any atom is 0.356 e. The first-order valence-electron chi connectivity index (χ1n) is 10.4. The van der Waals surface area contributed by atoms with E-state index in [4.69, 9.17) is 16.6 Å². The first-order valence-corrected chi connectivity index (χ1v) is 10.8. The molecule has 168 valence electrons. The number of halogens is 2. The van der Waals surface area contributed by atoms with E-state index in [0.29, 0.717) is 36.1 Å². The molecule has 1 atom stereocenters. The summed E-state index contributed by atoms with van der Waals surface area (Å²) >= 11 is 5.83. The van der Waals surface area contributed by atoms with E-state index < -0.39 is 17.8 Å². The van der Waals surface area contributed by atoms with Crippen LogP contribution in [-0.4, -0.2) is 25.4 Å². The Morgan fingerprint density at radius 1 is 1.36 bits per heavy atom. The van der Waals surface area contributed by atoms with Crippen molar-refractivity contribution in [2.75, 3.05) is 5.32 Å². The van der Waals surface area contributed by atoms with Crippen molar-refractivity contribution >= 4 is 28.9 Å². The van der Waals surface area contributed by atoms with E-state index in [1.807, 2.05) is 0 Å². The molecule has 10 heteroatoms. The Labute approximate surface area is 192 Å². The molecule has 6 rings (SSSR count). The smallest absolute Gasteiger partial charge is 0.356 e. The number of nitriles is 1. The lowest BCUT2D eigenvalue weighted by Gasteiger charge is -2.66. The Bertz CT molecular complexity index is 1440. The highest BCUT2D eigenvalue weighted by atomic mass is 35.5. The first-order chi connectivity index (χ1) is 15.6. The number of anilines is 1. The Kier molecular flexibility index (Phi) is 4.52. The summed E-state index contributed by atoms with van der Waals surface area (Å²) in [7, 11) is 0. The summed E-state index contributed by atoms with van der Waals surface area (Å²) in [5.74, 6) is -1.89. The molecule has 3 saturated carbocycles. The summed E-state index contributed by atoms with van der Waals surface area (Å²) in [5, 5.41) is 21.9. The van der Waals surface area contributed by atoms with Crippen LogP contribution in [0.2, 0.25) is 5.15 Å². The number of pyridine rings is 2. The third-order valence-corrected chi connectivity index (χ3v) is 7.03. The number of aromatic carboxylic acids is 1. The average Bonchev–Trinajstić information content (AvgIpc) is 2.71. The van der Waals surface area contributed by atoms with Crippen molar-refractivity contribution < 1.29 is 14.3 Å². The number of carbonyl (C=O) groups is 1. The second kappa shape index (κ2) is 6.99. The van der Waals surface area contributed by atoms with Crippen LogP contribution in [0.1, 0.15) is 59.5 Å². The van der Waals surface area contributed by atoms with Crippen LogP contribution in [0.15, 0.2) is 29.2 Å². The van der Waals surface area contributed by atoms with E-state index in [1.165, 1.54) is 22.6 Å². The van der Waals surface area contributed by atoms with Gasteiger partial charge < -0.3 is 10.4 Å². The summed E-state index contributed by atoms with van der Waals surface area (Å²) in [6.45, 7) is 3.40. The molecule has 0 aliphatic heterocycles. The highest BCUT2D eigenvalue weighted by Gasteiger charge is 2.70. The predicted octanol–water partition coefficient (Wildman–Crippen LogP) is 4.01. The zero-order valence-corrected chi connectivity index (χ0v) is 18.6. The summed E-state index contributed by atoms with van der Waals surface area (Å²) in [6, 6.07) is 5.95. The van der Waals surface area contributed by atoms with Crippen LogP contribution in [-0.2, 0) is 5.41 Å². The number of aromatic nitrogens is 3. The molecule has 33 heavy (non-hydrogen) atoms. The molecule has 3 aliphatic rings. The minimum atomic E-state index is -1.27. The van der Waals surface area contributed by atoms with Gasteiger partial charge in [-0.15, -0.1) is 0 Å². The van der Waals surface area contributed by atoms with Crippen LogP contribution in [0, 0.1) is 29.5 Å². The van der Waals surface area contributed by atoms with Gasteiger partial charge in [0.05, 0.1) is 28.9 Å². The zero-order valence-electron chi connectivity index (χ0n) is 17.8. The average molecular weight is 468 g/mol. The molecule has 0 unspecified atom stereocenters. The summed E-state index contributed by atoms with van der Waals surface area (Å²) in [6.07, 6.45) is 3.11. The van der Waals surface area contributed by atoms with Gasteiger partial charge in [-0.25, -0.2) is 19.2 Å². The topological polar surface area (TPSA) is 120 Å². The van der Waals surface area contributed by atoms with Crippen molar-refractivity contribution in [2.24, 2.45) is 5.41 Å². The zero-order chi connectivity index (χ0) is 23.7. The molecule has 3 heterocycles. The number of nitrogens with one attached hydrogen (secondary N) is 1. The van der Waals surface area contributed by atoms with Gasteiger partial charge in [-0.2, -0.15) is 5.26 Å².